The minimum absolute atomic E-state index is 0.0843. The van der Waals surface area contributed by atoms with Crippen molar-refractivity contribution in [3.63, 3.8) is 0 Å². The lowest BCUT2D eigenvalue weighted by Crippen LogP contribution is -2.17. The van der Waals surface area contributed by atoms with Crippen molar-refractivity contribution in [2.45, 2.75) is 38.9 Å². The SMILES string of the molecule is CCOC(=O)c1c(-c2ccccc2)csc1NC(=O)CSc1nnc(-c2ccoc2C)n1C(C)C. The van der Waals surface area contributed by atoms with Gasteiger partial charge in [-0.3, -0.25) is 9.36 Å². The van der Waals surface area contributed by atoms with E-state index < -0.39 is 5.97 Å². The van der Waals surface area contributed by atoms with Crippen molar-refractivity contribution >= 4 is 40.0 Å². The van der Waals surface area contributed by atoms with Gasteiger partial charge in [-0.2, -0.15) is 0 Å². The van der Waals surface area contributed by atoms with E-state index in [0.717, 1.165) is 22.5 Å². The molecule has 0 fully saturated rings. The van der Waals surface area contributed by atoms with E-state index in [4.69, 9.17) is 9.15 Å². The van der Waals surface area contributed by atoms with E-state index >= 15 is 0 Å². The number of carbonyl (C=O) groups is 2. The van der Waals surface area contributed by atoms with Crippen LogP contribution in [0.2, 0.25) is 0 Å². The van der Waals surface area contributed by atoms with Gasteiger partial charge < -0.3 is 14.5 Å². The predicted octanol–water partition coefficient (Wildman–Crippen LogP) is 6.06. The van der Waals surface area contributed by atoms with Gasteiger partial charge >= 0.3 is 5.97 Å². The summed E-state index contributed by atoms with van der Waals surface area (Å²) in [4.78, 5) is 25.6. The molecule has 3 aromatic heterocycles. The molecule has 1 N–H and O–H groups in total. The van der Waals surface area contributed by atoms with Gasteiger partial charge in [0.25, 0.3) is 0 Å². The van der Waals surface area contributed by atoms with Crippen LogP contribution in [-0.4, -0.2) is 39.0 Å². The fourth-order valence-corrected chi connectivity index (χ4v) is 5.46. The summed E-state index contributed by atoms with van der Waals surface area (Å²) in [6, 6.07) is 11.5. The molecule has 0 aliphatic heterocycles. The van der Waals surface area contributed by atoms with Crippen LogP contribution in [0.25, 0.3) is 22.5 Å². The second-order valence-electron chi connectivity index (χ2n) is 7.94. The number of hydrogen-bond donors (Lipinski definition) is 1. The summed E-state index contributed by atoms with van der Waals surface area (Å²) in [5.41, 5.74) is 2.85. The van der Waals surface area contributed by atoms with E-state index in [1.165, 1.54) is 23.1 Å². The van der Waals surface area contributed by atoms with E-state index in [2.05, 4.69) is 15.5 Å². The Hall–Kier alpha value is -3.37. The summed E-state index contributed by atoms with van der Waals surface area (Å²) in [6.07, 6.45) is 1.62. The van der Waals surface area contributed by atoms with Crippen molar-refractivity contribution in [2.75, 3.05) is 17.7 Å². The second-order valence-corrected chi connectivity index (χ2v) is 9.76. The summed E-state index contributed by atoms with van der Waals surface area (Å²) in [7, 11) is 0. The third-order valence-corrected chi connectivity index (χ3v) is 7.06. The molecule has 35 heavy (non-hydrogen) atoms. The van der Waals surface area contributed by atoms with Crippen LogP contribution in [-0.2, 0) is 9.53 Å². The minimum atomic E-state index is -0.463. The summed E-state index contributed by atoms with van der Waals surface area (Å²) >= 11 is 2.59. The highest BCUT2D eigenvalue weighted by atomic mass is 32.2. The van der Waals surface area contributed by atoms with Crippen molar-refractivity contribution < 1.29 is 18.7 Å². The molecular formula is C25H26N4O4S2. The zero-order chi connectivity index (χ0) is 24.9. The quantitative estimate of drug-likeness (QED) is 0.216. The van der Waals surface area contributed by atoms with Gasteiger partial charge in [0.2, 0.25) is 5.91 Å². The molecule has 0 saturated heterocycles. The molecule has 0 radical (unpaired) electrons. The number of esters is 1. The lowest BCUT2D eigenvalue weighted by Gasteiger charge is -2.13. The van der Waals surface area contributed by atoms with Gasteiger partial charge in [-0.1, -0.05) is 42.1 Å². The number of thioether (sulfide) groups is 1. The largest absolute Gasteiger partial charge is 0.469 e. The maximum Gasteiger partial charge on any atom is 0.341 e. The number of rotatable bonds is 9. The number of carbonyl (C=O) groups excluding carboxylic acids is 2. The summed E-state index contributed by atoms with van der Waals surface area (Å²) in [5, 5.41) is 14.5. The van der Waals surface area contributed by atoms with E-state index in [-0.39, 0.29) is 24.3 Å². The first-order valence-corrected chi connectivity index (χ1v) is 13.0. The molecule has 0 aliphatic rings. The van der Waals surface area contributed by atoms with Gasteiger partial charge in [0, 0.05) is 17.0 Å². The molecule has 1 amide bonds. The first kappa shape index (κ1) is 24.7. The van der Waals surface area contributed by atoms with Crippen molar-refractivity contribution in [1.29, 1.82) is 0 Å². The maximum absolute atomic E-state index is 12.9. The Morgan fingerprint density at radius 1 is 1.17 bits per heavy atom. The Morgan fingerprint density at radius 2 is 1.94 bits per heavy atom. The lowest BCUT2D eigenvalue weighted by atomic mass is 10.0. The molecule has 0 spiro atoms. The Kier molecular flexibility index (Phi) is 7.72. The van der Waals surface area contributed by atoms with E-state index in [1.54, 1.807) is 13.2 Å². The smallest absolute Gasteiger partial charge is 0.341 e. The molecule has 0 aliphatic carbocycles. The number of nitrogens with zero attached hydrogens (tertiary/aromatic N) is 3. The number of anilines is 1. The van der Waals surface area contributed by atoms with Crippen LogP contribution >= 0.6 is 23.1 Å². The number of ether oxygens (including phenoxy) is 1. The van der Waals surface area contributed by atoms with Gasteiger partial charge in [0.05, 0.1) is 24.2 Å². The second kappa shape index (κ2) is 10.9. The number of furan rings is 1. The average Bonchev–Trinajstić information content (AvgIpc) is 3.56. The van der Waals surface area contributed by atoms with Gasteiger partial charge in [-0.15, -0.1) is 21.5 Å². The third-order valence-electron chi connectivity index (χ3n) is 5.22. The molecule has 4 aromatic rings. The molecule has 0 unspecified atom stereocenters. The van der Waals surface area contributed by atoms with Crippen LogP contribution in [0.5, 0.6) is 0 Å². The standard InChI is InChI=1S/C25H26N4O4S2/c1-5-32-24(31)21-19(17-9-7-6-8-10-17)13-34-23(21)26-20(30)14-35-25-28-27-22(29(25)15(2)3)18-11-12-33-16(18)4/h6-13,15H,5,14H2,1-4H3,(H,26,30). The molecular weight excluding hydrogens is 484 g/mol. The van der Waals surface area contributed by atoms with Gasteiger partial charge in [-0.25, -0.2) is 4.79 Å². The Balaban J connectivity index is 1.53. The van der Waals surface area contributed by atoms with E-state index in [0.29, 0.717) is 21.5 Å². The van der Waals surface area contributed by atoms with Crippen LogP contribution in [0.4, 0.5) is 5.00 Å². The van der Waals surface area contributed by atoms with E-state index in [9.17, 15) is 9.59 Å². The van der Waals surface area contributed by atoms with Crippen molar-refractivity contribution in [3.05, 3.63) is 59.4 Å². The molecule has 3 heterocycles. The first-order valence-electron chi connectivity index (χ1n) is 11.2. The third kappa shape index (κ3) is 5.33. The van der Waals surface area contributed by atoms with Crippen LogP contribution in [0.3, 0.4) is 0 Å². The van der Waals surface area contributed by atoms with Crippen LogP contribution in [0, 0.1) is 6.92 Å². The fraction of sp³-hybridized carbons (Fsp3) is 0.280. The number of amides is 1. The lowest BCUT2D eigenvalue weighted by molar-refractivity contribution is -0.113. The normalized spacial score (nSPS) is 11.1. The van der Waals surface area contributed by atoms with Crippen LogP contribution in [0.1, 0.15) is 42.9 Å². The van der Waals surface area contributed by atoms with E-state index in [1.807, 2.05) is 67.1 Å². The monoisotopic (exact) mass is 510 g/mol. The number of aromatic nitrogens is 3. The van der Waals surface area contributed by atoms with Crippen molar-refractivity contribution in [3.8, 4) is 22.5 Å². The molecule has 1 aromatic carbocycles. The highest BCUT2D eigenvalue weighted by Crippen LogP contribution is 2.36. The molecule has 0 bridgehead atoms. The number of benzene rings is 1. The van der Waals surface area contributed by atoms with Gasteiger partial charge in [0.1, 0.15) is 16.3 Å². The Morgan fingerprint density at radius 3 is 2.60 bits per heavy atom. The summed E-state index contributed by atoms with van der Waals surface area (Å²) < 4.78 is 12.7. The Bertz CT molecular complexity index is 1320. The highest BCUT2D eigenvalue weighted by Gasteiger charge is 2.24. The molecule has 4 rings (SSSR count). The van der Waals surface area contributed by atoms with Gasteiger partial charge in [0.15, 0.2) is 11.0 Å². The van der Waals surface area contributed by atoms with Gasteiger partial charge in [-0.05, 0) is 39.3 Å². The number of hydrogen-bond acceptors (Lipinski definition) is 8. The number of aryl methyl sites for hydroxylation is 1. The van der Waals surface area contributed by atoms with Crippen LogP contribution < -0.4 is 5.32 Å². The molecule has 182 valence electrons. The zero-order valence-electron chi connectivity index (χ0n) is 19.9. The minimum Gasteiger partial charge on any atom is -0.469 e. The predicted molar refractivity (Wildman–Crippen MR) is 138 cm³/mol. The summed E-state index contributed by atoms with van der Waals surface area (Å²) in [5.74, 6) is 0.851. The number of nitrogens with one attached hydrogen (secondary N) is 1. The fourth-order valence-electron chi connectivity index (χ4n) is 3.62. The topological polar surface area (TPSA) is 99.2 Å². The molecule has 0 saturated carbocycles. The molecule has 10 heteroatoms. The first-order chi connectivity index (χ1) is 16.9. The highest BCUT2D eigenvalue weighted by molar-refractivity contribution is 7.99. The number of thiophene rings is 1. The maximum atomic E-state index is 12.9. The molecule has 8 nitrogen and oxygen atoms in total. The average molecular weight is 511 g/mol. The van der Waals surface area contributed by atoms with Crippen molar-refractivity contribution in [1.82, 2.24) is 14.8 Å². The Labute approximate surface area is 211 Å². The summed E-state index contributed by atoms with van der Waals surface area (Å²) in [6.45, 7) is 7.95. The molecule has 0 atom stereocenters. The zero-order valence-corrected chi connectivity index (χ0v) is 21.5. The van der Waals surface area contributed by atoms with Crippen molar-refractivity contribution in [2.24, 2.45) is 0 Å². The van der Waals surface area contributed by atoms with Crippen LogP contribution in [0.15, 0.2) is 57.6 Å².